The van der Waals surface area contributed by atoms with Crippen molar-refractivity contribution in [2.24, 2.45) is 10.7 Å². The molecular weight excluding hydrogens is 329 g/mol. The number of halogens is 2. The van der Waals surface area contributed by atoms with Crippen LogP contribution in [0, 0.1) is 0 Å². The minimum absolute atomic E-state index is 0.146. The minimum atomic E-state index is -1.38. The Hall–Kier alpha value is -2.27. The summed E-state index contributed by atoms with van der Waals surface area (Å²) in [7, 11) is 1.60. The van der Waals surface area contributed by atoms with Gasteiger partial charge in [0.2, 0.25) is 0 Å². The van der Waals surface area contributed by atoms with Crippen molar-refractivity contribution < 1.29 is 9.13 Å². The van der Waals surface area contributed by atoms with E-state index in [1.807, 2.05) is 24.3 Å². The Morgan fingerprint density at radius 2 is 2.04 bits per heavy atom. The molecule has 0 radical (unpaired) electrons. The summed E-state index contributed by atoms with van der Waals surface area (Å²) in [6, 6.07) is 14.1. The first-order valence-electron chi connectivity index (χ1n) is 7.68. The van der Waals surface area contributed by atoms with Crippen molar-refractivity contribution in [1.82, 2.24) is 0 Å². The third-order valence-electron chi connectivity index (χ3n) is 4.12. The van der Waals surface area contributed by atoms with Gasteiger partial charge >= 0.3 is 0 Å². The zero-order chi connectivity index (χ0) is 17.2. The van der Waals surface area contributed by atoms with Gasteiger partial charge in [0.05, 0.1) is 13.2 Å². The lowest BCUT2D eigenvalue weighted by Gasteiger charge is -2.39. The van der Waals surface area contributed by atoms with E-state index in [4.69, 9.17) is 22.1 Å². The highest BCUT2D eigenvalue weighted by molar-refractivity contribution is 6.30. The van der Waals surface area contributed by atoms with Crippen molar-refractivity contribution in [2.75, 3.05) is 12.4 Å². The highest BCUT2D eigenvalue weighted by Crippen LogP contribution is 2.47. The lowest BCUT2D eigenvalue weighted by atomic mass is 9.73. The van der Waals surface area contributed by atoms with Crippen LogP contribution in [-0.4, -0.2) is 19.1 Å². The molecule has 0 bridgehead atoms. The average Bonchev–Trinajstić information content (AvgIpc) is 2.53. The Morgan fingerprint density at radius 1 is 1.29 bits per heavy atom. The third kappa shape index (κ3) is 3.62. The van der Waals surface area contributed by atoms with E-state index in [0.717, 1.165) is 11.4 Å². The van der Waals surface area contributed by atoms with E-state index in [9.17, 15) is 4.39 Å². The molecule has 1 aliphatic carbocycles. The Morgan fingerprint density at radius 3 is 2.75 bits per heavy atom. The molecule has 0 heterocycles. The van der Waals surface area contributed by atoms with E-state index < -0.39 is 5.67 Å². The van der Waals surface area contributed by atoms with E-state index in [1.165, 1.54) is 0 Å². The summed E-state index contributed by atoms with van der Waals surface area (Å²) in [5, 5.41) is 3.53. The van der Waals surface area contributed by atoms with Gasteiger partial charge in [-0.2, -0.15) is 0 Å². The van der Waals surface area contributed by atoms with E-state index in [2.05, 4.69) is 10.3 Å². The quantitative estimate of drug-likeness (QED) is 0.646. The fourth-order valence-corrected chi connectivity index (χ4v) is 3.05. The molecule has 3 N–H and O–H groups in total. The normalized spacial score (nSPS) is 23.5. The first kappa shape index (κ1) is 16.6. The molecule has 4 nitrogen and oxygen atoms in total. The third-order valence-corrected chi connectivity index (χ3v) is 4.36. The number of rotatable bonds is 4. The molecule has 2 aromatic rings. The molecule has 0 unspecified atom stereocenters. The lowest BCUT2D eigenvalue weighted by molar-refractivity contribution is 0.0415. The fraction of sp³-hybridized carbons (Fsp3) is 0.278. The van der Waals surface area contributed by atoms with Crippen molar-refractivity contribution in [3.05, 3.63) is 59.1 Å². The number of anilines is 1. The number of nitrogens with zero attached hydrogens (tertiary/aromatic N) is 1. The topological polar surface area (TPSA) is 59.6 Å². The van der Waals surface area contributed by atoms with Gasteiger partial charge in [-0.3, -0.25) is 0 Å². The molecular formula is C18H19ClFN3O. The molecule has 1 saturated carbocycles. The van der Waals surface area contributed by atoms with Gasteiger partial charge in [0, 0.05) is 29.6 Å². The number of aliphatic imine (C=N–C) groups is 1. The van der Waals surface area contributed by atoms with Crippen molar-refractivity contribution >= 4 is 23.2 Å². The lowest BCUT2D eigenvalue weighted by Crippen LogP contribution is -2.41. The van der Waals surface area contributed by atoms with Gasteiger partial charge in [-0.1, -0.05) is 29.8 Å². The van der Waals surface area contributed by atoms with Gasteiger partial charge in [-0.05, 0) is 29.8 Å². The first-order valence-corrected chi connectivity index (χ1v) is 8.06. The number of hydrogen-bond donors (Lipinski definition) is 2. The summed E-state index contributed by atoms with van der Waals surface area (Å²) in [5.41, 5.74) is 5.91. The van der Waals surface area contributed by atoms with Crippen LogP contribution in [0.3, 0.4) is 0 Å². The van der Waals surface area contributed by atoms with Gasteiger partial charge < -0.3 is 15.8 Å². The Labute approximate surface area is 145 Å². The number of hydrogen-bond acceptors (Lipinski definition) is 2. The maximum Gasteiger partial charge on any atom is 0.193 e. The highest BCUT2D eigenvalue weighted by atomic mass is 35.5. The van der Waals surface area contributed by atoms with Crippen LogP contribution in [0.1, 0.15) is 18.4 Å². The molecule has 0 aromatic heterocycles. The number of ether oxygens (including phenoxy) is 1. The summed E-state index contributed by atoms with van der Waals surface area (Å²) >= 11 is 5.93. The summed E-state index contributed by atoms with van der Waals surface area (Å²) in [6.45, 7) is 0. The summed E-state index contributed by atoms with van der Waals surface area (Å²) in [6.07, 6.45) is 0.599. The molecule has 6 heteroatoms. The predicted octanol–water partition coefficient (Wildman–Crippen LogP) is 4.10. The zero-order valence-electron chi connectivity index (χ0n) is 13.3. The molecule has 0 saturated heterocycles. The number of nitrogens with one attached hydrogen (secondary N) is 1. The van der Waals surface area contributed by atoms with E-state index >= 15 is 0 Å². The van der Waals surface area contributed by atoms with Crippen molar-refractivity contribution in [3.8, 4) is 5.75 Å². The van der Waals surface area contributed by atoms with Crippen molar-refractivity contribution in [1.29, 1.82) is 0 Å². The van der Waals surface area contributed by atoms with Gasteiger partial charge in [0.15, 0.2) is 5.96 Å². The van der Waals surface area contributed by atoms with Crippen LogP contribution < -0.4 is 15.8 Å². The molecule has 3 rings (SSSR count). The van der Waals surface area contributed by atoms with Crippen LogP contribution in [0.25, 0.3) is 0 Å². The van der Waals surface area contributed by atoms with E-state index in [0.29, 0.717) is 23.4 Å². The number of benzene rings is 2. The van der Waals surface area contributed by atoms with Gasteiger partial charge in [-0.25, -0.2) is 9.38 Å². The molecule has 24 heavy (non-hydrogen) atoms. The van der Waals surface area contributed by atoms with Gasteiger partial charge in [-0.15, -0.1) is 0 Å². The average molecular weight is 348 g/mol. The molecule has 0 aliphatic heterocycles. The number of methoxy groups -OCH3 is 1. The van der Waals surface area contributed by atoms with Crippen LogP contribution >= 0.6 is 11.6 Å². The smallest absolute Gasteiger partial charge is 0.193 e. The van der Waals surface area contributed by atoms with E-state index in [-0.39, 0.29) is 12.0 Å². The highest BCUT2D eigenvalue weighted by Gasteiger charge is 2.46. The number of alkyl halides is 1. The maximum absolute atomic E-state index is 14.8. The molecule has 0 atom stereocenters. The zero-order valence-corrected chi connectivity index (χ0v) is 14.1. The van der Waals surface area contributed by atoms with Crippen LogP contribution in [-0.2, 0) is 5.67 Å². The Kier molecular flexibility index (Phi) is 4.62. The monoisotopic (exact) mass is 347 g/mol. The first-order chi connectivity index (χ1) is 11.5. The second kappa shape index (κ2) is 6.69. The van der Waals surface area contributed by atoms with Gasteiger partial charge in [0.1, 0.15) is 11.4 Å². The van der Waals surface area contributed by atoms with E-state index in [1.54, 1.807) is 31.4 Å². The number of guanidine groups is 1. The summed E-state index contributed by atoms with van der Waals surface area (Å²) in [5.74, 6) is 0.988. The molecule has 126 valence electrons. The van der Waals surface area contributed by atoms with Crippen LogP contribution in [0.4, 0.5) is 10.1 Å². The van der Waals surface area contributed by atoms with Crippen molar-refractivity contribution in [2.45, 2.75) is 24.6 Å². The predicted molar refractivity (Wildman–Crippen MR) is 95.5 cm³/mol. The van der Waals surface area contributed by atoms with Crippen LogP contribution in [0.2, 0.25) is 5.02 Å². The SMILES string of the molecule is COc1cccc(NC(N)=NC2CC(F)(c3cccc(Cl)c3)C2)c1. The summed E-state index contributed by atoms with van der Waals surface area (Å²) in [4.78, 5) is 4.35. The second-order valence-corrected chi connectivity index (χ2v) is 6.35. The van der Waals surface area contributed by atoms with Crippen LogP contribution in [0.15, 0.2) is 53.5 Å². The standard InChI is InChI=1S/C18H19ClFN3O/c1-24-16-7-3-6-14(9-16)22-17(21)23-15-10-18(20,11-15)12-4-2-5-13(19)8-12/h2-9,15H,10-11H2,1H3,(H3,21,22,23). The van der Waals surface area contributed by atoms with Gasteiger partial charge in [0.25, 0.3) is 0 Å². The molecule has 0 amide bonds. The molecule has 2 aromatic carbocycles. The Balaban J connectivity index is 1.62. The minimum Gasteiger partial charge on any atom is -0.497 e. The van der Waals surface area contributed by atoms with Crippen molar-refractivity contribution in [3.63, 3.8) is 0 Å². The second-order valence-electron chi connectivity index (χ2n) is 5.91. The largest absolute Gasteiger partial charge is 0.497 e. The maximum atomic E-state index is 14.8. The fourth-order valence-electron chi connectivity index (χ4n) is 2.86. The molecule has 1 fully saturated rings. The Bertz CT molecular complexity index is 759. The molecule has 1 aliphatic rings. The number of nitrogens with two attached hydrogens (primary N) is 1. The molecule has 0 spiro atoms. The summed E-state index contributed by atoms with van der Waals surface area (Å²) < 4.78 is 20.0. The van der Waals surface area contributed by atoms with Crippen LogP contribution in [0.5, 0.6) is 5.75 Å².